The number of hydrogen-bond acceptors (Lipinski definition) is 3. The quantitative estimate of drug-likeness (QED) is 0.707. The second kappa shape index (κ2) is 7.70. The Labute approximate surface area is 126 Å². The lowest BCUT2D eigenvalue weighted by Gasteiger charge is -2.15. The highest BCUT2D eigenvalue weighted by Crippen LogP contribution is 2.30. The van der Waals surface area contributed by atoms with Crippen LogP contribution in [0.25, 0.3) is 0 Å². The summed E-state index contributed by atoms with van der Waals surface area (Å²) in [4.78, 5) is 0. The smallest absolute Gasteiger partial charge is 0.188 e. The molecule has 0 aliphatic rings. The van der Waals surface area contributed by atoms with Crippen LogP contribution in [0.15, 0.2) is 48.5 Å². The van der Waals surface area contributed by atoms with E-state index in [9.17, 15) is 0 Å². The summed E-state index contributed by atoms with van der Waals surface area (Å²) in [6.45, 7) is 5.06. The van der Waals surface area contributed by atoms with Gasteiger partial charge < -0.3 is 14.2 Å². The van der Waals surface area contributed by atoms with E-state index in [2.05, 4.69) is 19.9 Å². The van der Waals surface area contributed by atoms with Crippen LogP contribution in [-0.2, 0) is 11.3 Å². The minimum atomic E-state index is 0.238. The topological polar surface area (TPSA) is 27.7 Å². The fraction of sp³-hybridized carbons (Fsp3) is 0.333. The van der Waals surface area contributed by atoms with Crippen LogP contribution in [0.3, 0.4) is 0 Å². The van der Waals surface area contributed by atoms with Gasteiger partial charge in [-0.25, -0.2) is 0 Å². The monoisotopic (exact) mass is 286 g/mol. The molecule has 0 saturated heterocycles. The van der Waals surface area contributed by atoms with Gasteiger partial charge in [0.05, 0.1) is 0 Å². The fourth-order valence-electron chi connectivity index (χ4n) is 2.07. The maximum atomic E-state index is 5.83. The van der Waals surface area contributed by atoms with Gasteiger partial charge in [0.25, 0.3) is 0 Å². The molecule has 0 fully saturated rings. The second-order valence-corrected chi connectivity index (χ2v) is 5.18. The highest BCUT2D eigenvalue weighted by Gasteiger charge is 2.09. The molecule has 0 atom stereocenters. The summed E-state index contributed by atoms with van der Waals surface area (Å²) >= 11 is 0. The standard InChI is InChI=1S/C18H22O3/c1-14(2)17-10-9-16(11-18(17)21-13-19-3)20-12-15-7-5-4-6-8-15/h4-11,14H,12-13H2,1-3H3. The van der Waals surface area contributed by atoms with Gasteiger partial charge in [-0.1, -0.05) is 50.2 Å². The third-order valence-corrected chi connectivity index (χ3v) is 3.19. The van der Waals surface area contributed by atoms with Crippen molar-refractivity contribution in [2.45, 2.75) is 26.4 Å². The fourth-order valence-corrected chi connectivity index (χ4v) is 2.07. The van der Waals surface area contributed by atoms with Crippen LogP contribution < -0.4 is 9.47 Å². The molecule has 112 valence electrons. The Bertz CT molecular complexity index is 550. The molecule has 0 unspecified atom stereocenters. The van der Waals surface area contributed by atoms with Crippen LogP contribution in [0.4, 0.5) is 0 Å². The van der Waals surface area contributed by atoms with Gasteiger partial charge in [0.15, 0.2) is 6.79 Å². The summed E-state index contributed by atoms with van der Waals surface area (Å²) in [6, 6.07) is 16.1. The molecule has 3 nitrogen and oxygen atoms in total. The van der Waals surface area contributed by atoms with Crippen LogP contribution in [0.1, 0.15) is 30.9 Å². The highest BCUT2D eigenvalue weighted by molar-refractivity contribution is 5.42. The normalized spacial score (nSPS) is 10.7. The molecule has 2 aromatic rings. The van der Waals surface area contributed by atoms with Gasteiger partial charge in [-0.05, 0) is 23.1 Å². The van der Waals surface area contributed by atoms with Crippen LogP contribution in [0.2, 0.25) is 0 Å². The summed E-state index contributed by atoms with van der Waals surface area (Å²) in [5.41, 5.74) is 2.30. The van der Waals surface area contributed by atoms with Gasteiger partial charge in [0, 0.05) is 13.2 Å². The Hall–Kier alpha value is -2.00. The zero-order valence-corrected chi connectivity index (χ0v) is 12.8. The van der Waals surface area contributed by atoms with E-state index >= 15 is 0 Å². The van der Waals surface area contributed by atoms with Crippen molar-refractivity contribution in [1.29, 1.82) is 0 Å². The number of rotatable bonds is 7. The van der Waals surface area contributed by atoms with E-state index in [4.69, 9.17) is 14.2 Å². The molecule has 0 radical (unpaired) electrons. The Morgan fingerprint density at radius 3 is 2.38 bits per heavy atom. The van der Waals surface area contributed by atoms with Crippen molar-refractivity contribution >= 4 is 0 Å². The zero-order valence-electron chi connectivity index (χ0n) is 12.8. The van der Waals surface area contributed by atoms with E-state index in [0.29, 0.717) is 12.5 Å². The predicted molar refractivity (Wildman–Crippen MR) is 83.8 cm³/mol. The van der Waals surface area contributed by atoms with Gasteiger partial charge in [-0.15, -0.1) is 0 Å². The Morgan fingerprint density at radius 2 is 1.71 bits per heavy atom. The van der Waals surface area contributed by atoms with E-state index in [0.717, 1.165) is 22.6 Å². The van der Waals surface area contributed by atoms with Crippen molar-refractivity contribution in [2.24, 2.45) is 0 Å². The summed E-state index contributed by atoms with van der Waals surface area (Å²) in [5, 5.41) is 0. The lowest BCUT2D eigenvalue weighted by Crippen LogP contribution is -2.03. The van der Waals surface area contributed by atoms with Crippen molar-refractivity contribution in [3.05, 3.63) is 59.7 Å². The molecule has 0 saturated carbocycles. The lowest BCUT2D eigenvalue weighted by atomic mass is 10.0. The molecule has 0 aliphatic heterocycles. The molecule has 0 spiro atoms. The molecule has 3 heteroatoms. The van der Waals surface area contributed by atoms with Crippen molar-refractivity contribution < 1.29 is 14.2 Å². The molecule has 0 aromatic heterocycles. The van der Waals surface area contributed by atoms with Crippen LogP contribution >= 0.6 is 0 Å². The van der Waals surface area contributed by atoms with Gasteiger partial charge in [0.1, 0.15) is 18.1 Å². The van der Waals surface area contributed by atoms with Gasteiger partial charge >= 0.3 is 0 Å². The summed E-state index contributed by atoms with van der Waals surface area (Å²) in [5.74, 6) is 2.01. The second-order valence-electron chi connectivity index (χ2n) is 5.18. The summed E-state index contributed by atoms with van der Waals surface area (Å²) in [7, 11) is 1.62. The molecule has 2 aromatic carbocycles. The van der Waals surface area contributed by atoms with Gasteiger partial charge in [0.2, 0.25) is 0 Å². The highest BCUT2D eigenvalue weighted by atomic mass is 16.7. The maximum Gasteiger partial charge on any atom is 0.188 e. The number of hydrogen-bond donors (Lipinski definition) is 0. The third kappa shape index (κ3) is 4.50. The van der Waals surface area contributed by atoms with Gasteiger partial charge in [-0.3, -0.25) is 0 Å². The largest absolute Gasteiger partial charge is 0.489 e. The van der Waals surface area contributed by atoms with E-state index in [1.54, 1.807) is 7.11 Å². The molecule has 0 N–H and O–H groups in total. The molecule has 0 heterocycles. The molecular weight excluding hydrogens is 264 g/mol. The van der Waals surface area contributed by atoms with Crippen molar-refractivity contribution in [3.8, 4) is 11.5 Å². The Kier molecular flexibility index (Phi) is 5.64. The van der Waals surface area contributed by atoms with Crippen LogP contribution in [0, 0.1) is 0 Å². The lowest BCUT2D eigenvalue weighted by molar-refractivity contribution is 0.0500. The number of benzene rings is 2. The first kappa shape index (κ1) is 15.4. The number of ether oxygens (including phenoxy) is 3. The maximum absolute atomic E-state index is 5.83. The van der Waals surface area contributed by atoms with E-state index in [-0.39, 0.29) is 6.79 Å². The molecule has 0 aliphatic carbocycles. The minimum Gasteiger partial charge on any atom is -0.489 e. The predicted octanol–water partition coefficient (Wildman–Crippen LogP) is 4.37. The molecule has 0 amide bonds. The van der Waals surface area contributed by atoms with Crippen LogP contribution in [-0.4, -0.2) is 13.9 Å². The first-order chi connectivity index (χ1) is 10.2. The minimum absolute atomic E-state index is 0.238. The summed E-state index contributed by atoms with van der Waals surface area (Å²) in [6.07, 6.45) is 0. The van der Waals surface area contributed by atoms with Gasteiger partial charge in [-0.2, -0.15) is 0 Å². The molecular formula is C18H22O3. The average Bonchev–Trinajstić information content (AvgIpc) is 2.51. The van der Waals surface area contributed by atoms with Crippen molar-refractivity contribution in [1.82, 2.24) is 0 Å². The zero-order chi connectivity index (χ0) is 15.1. The molecule has 0 bridgehead atoms. The average molecular weight is 286 g/mol. The first-order valence-corrected chi connectivity index (χ1v) is 7.13. The number of methoxy groups -OCH3 is 1. The Morgan fingerprint density at radius 1 is 0.952 bits per heavy atom. The summed E-state index contributed by atoms with van der Waals surface area (Å²) < 4.78 is 16.5. The van der Waals surface area contributed by atoms with E-state index < -0.39 is 0 Å². The van der Waals surface area contributed by atoms with E-state index in [1.807, 2.05) is 42.5 Å². The van der Waals surface area contributed by atoms with Crippen LogP contribution in [0.5, 0.6) is 11.5 Å². The third-order valence-electron chi connectivity index (χ3n) is 3.19. The van der Waals surface area contributed by atoms with E-state index in [1.165, 1.54) is 0 Å². The Balaban J connectivity index is 2.09. The molecule has 2 rings (SSSR count). The first-order valence-electron chi connectivity index (χ1n) is 7.13. The molecule has 21 heavy (non-hydrogen) atoms. The van der Waals surface area contributed by atoms with Crippen molar-refractivity contribution in [2.75, 3.05) is 13.9 Å². The van der Waals surface area contributed by atoms with Crippen molar-refractivity contribution in [3.63, 3.8) is 0 Å². The SMILES string of the molecule is COCOc1cc(OCc2ccccc2)ccc1C(C)C.